The molecule has 7 heteroatoms. The van der Waals surface area contributed by atoms with Gasteiger partial charge < -0.3 is 9.64 Å². The number of hydrogen-bond donors (Lipinski definition) is 0. The molecule has 0 aliphatic rings. The zero-order valence-corrected chi connectivity index (χ0v) is 20.5. The molecule has 0 spiro atoms. The molecule has 0 radical (unpaired) electrons. The minimum Gasteiger partial charge on any atom is -0.481 e. The number of imide groups is 1. The van der Waals surface area contributed by atoms with Crippen LogP contribution in [0.2, 0.25) is 0 Å². The van der Waals surface area contributed by atoms with Crippen LogP contribution >= 0.6 is 0 Å². The van der Waals surface area contributed by atoms with Crippen molar-refractivity contribution < 1.29 is 14.3 Å². The number of benzene rings is 1. The molecule has 0 aliphatic heterocycles. The maximum atomic E-state index is 12.8. The number of aromatic nitrogens is 1. The van der Waals surface area contributed by atoms with Crippen LogP contribution in [-0.4, -0.2) is 59.7 Å². The second-order valence-electron chi connectivity index (χ2n) is 7.95. The number of unbranched alkanes of at least 4 members (excludes halogenated alkanes) is 1. The summed E-state index contributed by atoms with van der Waals surface area (Å²) in [6, 6.07) is 11.2. The molecule has 1 atom stereocenters. The molecule has 178 valence electrons. The van der Waals surface area contributed by atoms with Crippen LogP contribution in [0.25, 0.3) is 0 Å². The van der Waals surface area contributed by atoms with E-state index in [9.17, 15) is 9.59 Å². The van der Waals surface area contributed by atoms with Crippen molar-refractivity contribution in [3.05, 3.63) is 59.3 Å². The molecular formula is C26H36N4O3. The van der Waals surface area contributed by atoms with E-state index in [0.717, 1.165) is 43.5 Å². The van der Waals surface area contributed by atoms with E-state index in [2.05, 4.69) is 23.7 Å². The monoisotopic (exact) mass is 452 g/mol. The highest BCUT2D eigenvalue weighted by atomic mass is 16.5. The first-order valence-electron chi connectivity index (χ1n) is 11.6. The Kier molecular flexibility index (Phi) is 10.5. The summed E-state index contributed by atoms with van der Waals surface area (Å²) in [6.45, 7) is 9.57. The van der Waals surface area contributed by atoms with Gasteiger partial charge in [-0.1, -0.05) is 25.1 Å². The lowest BCUT2D eigenvalue weighted by atomic mass is 10.1. The van der Waals surface area contributed by atoms with Crippen LogP contribution in [0.15, 0.2) is 47.6 Å². The molecular weight excluding hydrogens is 416 g/mol. The predicted octanol–water partition coefficient (Wildman–Crippen LogP) is 4.67. The number of aryl methyl sites for hydroxylation is 1. The minimum absolute atomic E-state index is 0.0393. The van der Waals surface area contributed by atoms with Gasteiger partial charge in [0, 0.05) is 44.4 Å². The second kappa shape index (κ2) is 13.4. The molecule has 0 N–H and O–H groups in total. The van der Waals surface area contributed by atoms with Gasteiger partial charge in [0.1, 0.15) is 0 Å². The first kappa shape index (κ1) is 26.0. The lowest BCUT2D eigenvalue weighted by Gasteiger charge is -2.22. The molecule has 2 rings (SSSR count). The summed E-state index contributed by atoms with van der Waals surface area (Å²) >= 11 is 0. The van der Waals surface area contributed by atoms with Gasteiger partial charge in [-0.25, -0.2) is 4.98 Å². The van der Waals surface area contributed by atoms with Crippen molar-refractivity contribution in [1.29, 1.82) is 0 Å². The van der Waals surface area contributed by atoms with E-state index >= 15 is 0 Å². The van der Waals surface area contributed by atoms with Crippen molar-refractivity contribution >= 4 is 18.2 Å². The van der Waals surface area contributed by atoms with Gasteiger partial charge in [-0.05, 0) is 56.4 Å². The third-order valence-corrected chi connectivity index (χ3v) is 5.63. The molecule has 7 nitrogen and oxygen atoms in total. The molecule has 0 aliphatic carbocycles. The molecule has 1 aromatic carbocycles. The maximum absolute atomic E-state index is 12.8. The van der Waals surface area contributed by atoms with Crippen LogP contribution in [-0.2, 0) is 4.79 Å². The lowest BCUT2D eigenvalue weighted by molar-refractivity contribution is -0.126. The van der Waals surface area contributed by atoms with Crippen molar-refractivity contribution in [2.24, 2.45) is 4.99 Å². The van der Waals surface area contributed by atoms with Gasteiger partial charge in [0.15, 0.2) is 0 Å². The molecule has 2 amide bonds. The predicted molar refractivity (Wildman–Crippen MR) is 132 cm³/mol. The summed E-state index contributed by atoms with van der Waals surface area (Å²) < 4.78 is 5.13. The summed E-state index contributed by atoms with van der Waals surface area (Å²) in [5, 5.41) is 0. The number of rotatable bonds is 12. The SMILES string of the molecule is CCC(N=CN(CC)CCCCN(C(C)=O)C(=O)c1ccccc1C)c1ccc(OC)nc1. The largest absolute Gasteiger partial charge is 0.481 e. The van der Waals surface area contributed by atoms with Gasteiger partial charge >= 0.3 is 0 Å². The minimum atomic E-state index is -0.228. The van der Waals surface area contributed by atoms with Crippen molar-refractivity contribution in [2.45, 2.75) is 53.0 Å². The van der Waals surface area contributed by atoms with Gasteiger partial charge in [0.05, 0.1) is 19.5 Å². The number of carbonyl (C=O) groups is 2. The molecule has 0 saturated carbocycles. The summed E-state index contributed by atoms with van der Waals surface area (Å²) in [5.74, 6) is 0.137. The number of aliphatic imine (C=N–C) groups is 1. The van der Waals surface area contributed by atoms with Gasteiger partial charge in [-0.15, -0.1) is 0 Å². The number of carbonyl (C=O) groups excluding carboxylic acids is 2. The zero-order valence-electron chi connectivity index (χ0n) is 20.5. The van der Waals surface area contributed by atoms with Crippen molar-refractivity contribution in [1.82, 2.24) is 14.8 Å². The van der Waals surface area contributed by atoms with Crippen molar-refractivity contribution in [2.75, 3.05) is 26.7 Å². The summed E-state index contributed by atoms with van der Waals surface area (Å²) in [7, 11) is 1.60. The Labute approximate surface area is 197 Å². The molecule has 1 aromatic heterocycles. The Hall–Kier alpha value is -3.22. The van der Waals surface area contributed by atoms with Gasteiger partial charge in [0.2, 0.25) is 11.8 Å². The Morgan fingerprint density at radius 1 is 1.12 bits per heavy atom. The van der Waals surface area contributed by atoms with E-state index in [1.54, 1.807) is 13.2 Å². The fourth-order valence-electron chi connectivity index (χ4n) is 3.55. The van der Waals surface area contributed by atoms with E-state index in [1.807, 2.05) is 49.8 Å². The Morgan fingerprint density at radius 2 is 1.85 bits per heavy atom. The summed E-state index contributed by atoms with van der Waals surface area (Å²) in [4.78, 5) is 37.5. The second-order valence-corrected chi connectivity index (χ2v) is 7.95. The zero-order chi connectivity index (χ0) is 24.2. The number of amides is 2. The summed E-state index contributed by atoms with van der Waals surface area (Å²) in [6.07, 6.45) is 6.17. The fourth-order valence-corrected chi connectivity index (χ4v) is 3.55. The number of methoxy groups -OCH3 is 1. The number of hydrogen-bond acceptors (Lipinski definition) is 5. The van der Waals surface area contributed by atoms with Crippen molar-refractivity contribution in [3.8, 4) is 5.88 Å². The maximum Gasteiger partial charge on any atom is 0.260 e. The average Bonchev–Trinajstić information content (AvgIpc) is 2.83. The normalized spacial score (nSPS) is 11.9. The van der Waals surface area contributed by atoms with Crippen LogP contribution in [0.3, 0.4) is 0 Å². The molecule has 0 bridgehead atoms. The van der Waals surface area contributed by atoms with E-state index in [-0.39, 0.29) is 17.9 Å². The molecule has 33 heavy (non-hydrogen) atoms. The van der Waals surface area contributed by atoms with E-state index < -0.39 is 0 Å². The average molecular weight is 453 g/mol. The third kappa shape index (κ3) is 7.70. The van der Waals surface area contributed by atoms with Crippen LogP contribution in [0.4, 0.5) is 0 Å². The number of pyridine rings is 1. The molecule has 1 unspecified atom stereocenters. The molecule has 0 fully saturated rings. The smallest absolute Gasteiger partial charge is 0.260 e. The molecule has 2 aromatic rings. The Bertz CT molecular complexity index is 927. The van der Waals surface area contributed by atoms with Crippen LogP contribution in [0, 0.1) is 6.92 Å². The molecule has 1 heterocycles. The number of ether oxygens (including phenoxy) is 1. The van der Waals surface area contributed by atoms with Crippen molar-refractivity contribution in [3.63, 3.8) is 0 Å². The van der Waals surface area contributed by atoms with Gasteiger partial charge in [0.25, 0.3) is 5.91 Å². The highest BCUT2D eigenvalue weighted by Gasteiger charge is 2.20. The molecule has 0 saturated heterocycles. The van der Waals surface area contributed by atoms with Gasteiger partial charge in [-0.3, -0.25) is 19.5 Å². The quantitative estimate of drug-likeness (QED) is 0.266. The highest BCUT2D eigenvalue weighted by Crippen LogP contribution is 2.21. The van der Waals surface area contributed by atoms with Crippen LogP contribution in [0.5, 0.6) is 5.88 Å². The van der Waals surface area contributed by atoms with E-state index in [0.29, 0.717) is 18.0 Å². The Morgan fingerprint density at radius 3 is 2.42 bits per heavy atom. The third-order valence-electron chi connectivity index (χ3n) is 5.63. The lowest BCUT2D eigenvalue weighted by Crippen LogP contribution is -2.36. The standard InChI is InChI=1S/C26H36N4O3/c1-6-24(22-14-15-25(33-5)27-18-22)28-19-29(7-2)16-10-11-17-30(21(4)31)26(32)23-13-9-8-12-20(23)3/h8-9,12-15,18-19,24H,6-7,10-11,16-17H2,1-5H3. The topological polar surface area (TPSA) is 75.1 Å². The Balaban J connectivity index is 1.90. The summed E-state index contributed by atoms with van der Waals surface area (Å²) in [5.41, 5.74) is 2.51. The first-order chi connectivity index (χ1) is 15.9. The van der Waals surface area contributed by atoms with Crippen LogP contribution < -0.4 is 4.74 Å². The van der Waals surface area contributed by atoms with Gasteiger partial charge in [-0.2, -0.15) is 0 Å². The highest BCUT2D eigenvalue weighted by molar-refractivity contribution is 6.04. The first-order valence-corrected chi connectivity index (χ1v) is 11.6. The van der Waals surface area contributed by atoms with Crippen LogP contribution in [0.1, 0.15) is 67.6 Å². The number of nitrogens with zero attached hydrogens (tertiary/aromatic N) is 4. The van der Waals surface area contributed by atoms with E-state index in [4.69, 9.17) is 9.73 Å². The van der Waals surface area contributed by atoms with E-state index in [1.165, 1.54) is 11.8 Å². The fraction of sp³-hybridized carbons (Fsp3) is 0.462.